The summed E-state index contributed by atoms with van der Waals surface area (Å²) in [5, 5.41) is 14.9. The van der Waals surface area contributed by atoms with Crippen LogP contribution in [0, 0.1) is 17.3 Å². The van der Waals surface area contributed by atoms with Crippen molar-refractivity contribution in [1.29, 1.82) is 0 Å². The summed E-state index contributed by atoms with van der Waals surface area (Å²) in [6.45, 7) is 2.24. The quantitative estimate of drug-likeness (QED) is 0.473. The van der Waals surface area contributed by atoms with Crippen molar-refractivity contribution >= 4 is 29.2 Å². The summed E-state index contributed by atoms with van der Waals surface area (Å²) in [6.07, 6.45) is 4.16. The molecular formula is C27H33N3O4. The lowest BCUT2D eigenvalue weighted by Gasteiger charge is -2.45. The van der Waals surface area contributed by atoms with Gasteiger partial charge in [0.2, 0.25) is 0 Å². The molecule has 2 saturated carbocycles. The number of nitrogens with one attached hydrogen (secondary N) is 2. The van der Waals surface area contributed by atoms with Crippen molar-refractivity contribution in [2.24, 2.45) is 23.0 Å². The van der Waals surface area contributed by atoms with E-state index in [1.54, 1.807) is 0 Å². The van der Waals surface area contributed by atoms with E-state index in [0.717, 1.165) is 31.2 Å². The first-order chi connectivity index (χ1) is 16.3. The SMILES string of the molecule is CC1(CC(=O)O)CCC2CC(c3ccc(NC(=O)Nc4cccc(CN)c4)cc3)CCC2C1=O. The molecule has 2 aliphatic carbocycles. The number of amides is 2. The molecule has 2 amide bonds. The van der Waals surface area contributed by atoms with Gasteiger partial charge in [-0.3, -0.25) is 9.59 Å². The zero-order chi connectivity index (χ0) is 24.3. The van der Waals surface area contributed by atoms with Gasteiger partial charge in [-0.15, -0.1) is 0 Å². The summed E-state index contributed by atoms with van der Waals surface area (Å²) >= 11 is 0. The van der Waals surface area contributed by atoms with Gasteiger partial charge in [0.1, 0.15) is 5.78 Å². The van der Waals surface area contributed by atoms with E-state index in [1.165, 1.54) is 5.56 Å². The van der Waals surface area contributed by atoms with Crippen LogP contribution in [0.1, 0.15) is 62.5 Å². The first-order valence-corrected chi connectivity index (χ1v) is 12.0. The Bertz CT molecular complexity index is 1070. The van der Waals surface area contributed by atoms with E-state index in [2.05, 4.69) is 22.8 Å². The van der Waals surface area contributed by atoms with Gasteiger partial charge in [-0.25, -0.2) is 4.79 Å². The molecule has 0 saturated heterocycles. The Balaban J connectivity index is 1.34. The van der Waals surface area contributed by atoms with Gasteiger partial charge in [-0.2, -0.15) is 0 Å². The molecule has 34 heavy (non-hydrogen) atoms. The average molecular weight is 464 g/mol. The van der Waals surface area contributed by atoms with E-state index < -0.39 is 11.4 Å². The molecule has 7 heteroatoms. The number of nitrogens with two attached hydrogens (primary N) is 1. The fourth-order valence-corrected chi connectivity index (χ4v) is 5.72. The highest BCUT2D eigenvalue weighted by atomic mass is 16.4. The average Bonchev–Trinajstić information content (AvgIpc) is 2.81. The van der Waals surface area contributed by atoms with Crippen LogP contribution in [0.15, 0.2) is 48.5 Å². The van der Waals surface area contributed by atoms with Crippen LogP contribution in [0.25, 0.3) is 0 Å². The topological polar surface area (TPSA) is 122 Å². The van der Waals surface area contributed by atoms with Gasteiger partial charge < -0.3 is 21.5 Å². The van der Waals surface area contributed by atoms with Crippen LogP contribution in [0.4, 0.5) is 16.2 Å². The number of aliphatic carboxylic acids is 1. The lowest BCUT2D eigenvalue weighted by atomic mass is 9.58. The van der Waals surface area contributed by atoms with E-state index in [-0.39, 0.29) is 24.2 Å². The molecule has 2 aliphatic rings. The molecular weight excluding hydrogens is 430 g/mol. The first-order valence-electron chi connectivity index (χ1n) is 12.0. The number of ketones is 1. The van der Waals surface area contributed by atoms with E-state index in [0.29, 0.717) is 36.2 Å². The third kappa shape index (κ3) is 5.30. The molecule has 180 valence electrons. The third-order valence-corrected chi connectivity index (χ3v) is 7.58. The maximum atomic E-state index is 13.1. The Morgan fingerprint density at radius 1 is 1.06 bits per heavy atom. The second-order valence-electron chi connectivity index (χ2n) is 10.0. The molecule has 0 spiro atoms. The van der Waals surface area contributed by atoms with Crippen LogP contribution >= 0.6 is 0 Å². The minimum Gasteiger partial charge on any atom is -0.481 e. The fraction of sp³-hybridized carbons (Fsp3) is 0.444. The monoisotopic (exact) mass is 463 g/mol. The zero-order valence-electron chi connectivity index (χ0n) is 19.5. The summed E-state index contributed by atoms with van der Waals surface area (Å²) < 4.78 is 0. The number of benzene rings is 2. The summed E-state index contributed by atoms with van der Waals surface area (Å²) in [5.74, 6) is -0.0703. The van der Waals surface area contributed by atoms with Crippen LogP contribution in [-0.4, -0.2) is 22.9 Å². The summed E-state index contributed by atoms with van der Waals surface area (Å²) in [4.78, 5) is 36.7. The number of carboxylic acids is 1. The molecule has 5 N–H and O–H groups in total. The Hall–Kier alpha value is -3.19. The van der Waals surface area contributed by atoms with Crippen molar-refractivity contribution in [3.63, 3.8) is 0 Å². The van der Waals surface area contributed by atoms with Gasteiger partial charge in [-0.05, 0) is 79.3 Å². The van der Waals surface area contributed by atoms with Crippen LogP contribution < -0.4 is 16.4 Å². The van der Waals surface area contributed by atoms with Crippen LogP contribution in [-0.2, 0) is 16.1 Å². The molecule has 0 heterocycles. The van der Waals surface area contributed by atoms with E-state index in [9.17, 15) is 19.5 Å². The minimum atomic E-state index is -0.894. The summed E-state index contributed by atoms with van der Waals surface area (Å²) in [7, 11) is 0. The Morgan fingerprint density at radius 2 is 1.79 bits per heavy atom. The van der Waals surface area contributed by atoms with Gasteiger partial charge in [-0.1, -0.05) is 31.2 Å². The number of fused-ring (bicyclic) bond motifs is 1. The third-order valence-electron chi connectivity index (χ3n) is 7.58. The Labute approximate surface area is 200 Å². The maximum absolute atomic E-state index is 13.1. The highest BCUT2D eigenvalue weighted by Gasteiger charge is 2.48. The number of Topliss-reactive ketones (excluding diaryl/α,β-unsaturated/α-hetero) is 1. The van der Waals surface area contributed by atoms with Crippen molar-refractivity contribution in [3.8, 4) is 0 Å². The normalized spacial score (nSPS) is 26.4. The van der Waals surface area contributed by atoms with Gasteiger partial charge >= 0.3 is 12.0 Å². The van der Waals surface area contributed by atoms with Gasteiger partial charge in [0.15, 0.2) is 0 Å². The molecule has 4 rings (SSSR count). The summed E-state index contributed by atoms with van der Waals surface area (Å²) in [6, 6.07) is 15.0. The minimum absolute atomic E-state index is 0.0169. The standard InChI is InChI=1S/C27H33N3O4/c1-27(15-24(31)32)12-11-20-14-19(7-10-23(20)25(27)33)18-5-8-21(9-6-18)29-26(34)30-22-4-2-3-17(13-22)16-28/h2-6,8-9,13,19-20,23H,7,10-12,14-16,28H2,1H3,(H,31,32)(H2,29,30,34). The number of urea groups is 1. The van der Waals surface area contributed by atoms with Gasteiger partial charge in [0.05, 0.1) is 6.42 Å². The first kappa shape index (κ1) is 24.0. The van der Waals surface area contributed by atoms with Crippen LogP contribution in [0.3, 0.4) is 0 Å². The van der Waals surface area contributed by atoms with Crippen LogP contribution in [0.2, 0.25) is 0 Å². The Morgan fingerprint density at radius 3 is 2.50 bits per heavy atom. The van der Waals surface area contributed by atoms with Gasteiger partial charge in [0, 0.05) is 29.3 Å². The second-order valence-corrected chi connectivity index (χ2v) is 10.0. The van der Waals surface area contributed by atoms with Crippen LogP contribution in [0.5, 0.6) is 0 Å². The van der Waals surface area contributed by atoms with Gasteiger partial charge in [0.25, 0.3) is 0 Å². The zero-order valence-corrected chi connectivity index (χ0v) is 19.5. The predicted molar refractivity (Wildman–Crippen MR) is 132 cm³/mol. The van der Waals surface area contributed by atoms with E-state index >= 15 is 0 Å². The van der Waals surface area contributed by atoms with Crippen molar-refractivity contribution in [3.05, 3.63) is 59.7 Å². The largest absolute Gasteiger partial charge is 0.481 e. The Kier molecular flexibility index (Phi) is 7.03. The number of carbonyl (C=O) groups is 3. The van der Waals surface area contributed by atoms with Crippen molar-refractivity contribution in [1.82, 2.24) is 0 Å². The molecule has 0 radical (unpaired) electrons. The number of carbonyl (C=O) groups excluding carboxylic acids is 2. The highest BCUT2D eigenvalue weighted by Crippen LogP contribution is 2.50. The number of anilines is 2. The molecule has 2 aromatic rings. The second kappa shape index (κ2) is 9.97. The van der Waals surface area contributed by atoms with E-state index in [1.807, 2.05) is 43.3 Å². The summed E-state index contributed by atoms with van der Waals surface area (Å²) in [5.41, 5.74) is 8.49. The molecule has 7 nitrogen and oxygen atoms in total. The number of hydrogen-bond acceptors (Lipinski definition) is 4. The van der Waals surface area contributed by atoms with Crippen molar-refractivity contribution in [2.75, 3.05) is 10.6 Å². The molecule has 4 atom stereocenters. The number of hydrogen-bond donors (Lipinski definition) is 4. The lowest BCUT2D eigenvalue weighted by molar-refractivity contribution is -0.150. The molecule has 2 fully saturated rings. The smallest absolute Gasteiger partial charge is 0.323 e. The fourth-order valence-electron chi connectivity index (χ4n) is 5.72. The van der Waals surface area contributed by atoms with Crippen molar-refractivity contribution in [2.45, 2.75) is 57.9 Å². The number of carboxylic acid groups (broad SMARTS) is 1. The molecule has 0 bridgehead atoms. The van der Waals surface area contributed by atoms with E-state index in [4.69, 9.17) is 5.73 Å². The van der Waals surface area contributed by atoms with Crippen molar-refractivity contribution < 1.29 is 19.5 Å². The number of rotatable bonds is 6. The maximum Gasteiger partial charge on any atom is 0.323 e. The molecule has 0 aliphatic heterocycles. The highest BCUT2D eigenvalue weighted by molar-refractivity contribution is 5.99. The lowest BCUT2D eigenvalue weighted by Crippen LogP contribution is -2.45. The predicted octanol–water partition coefficient (Wildman–Crippen LogP) is 5.13. The molecule has 4 unspecified atom stereocenters. The molecule has 2 aromatic carbocycles. The molecule has 0 aromatic heterocycles.